The third-order valence-electron chi connectivity index (χ3n) is 4.61. The number of aliphatic imine (C=N–C) groups is 1. The lowest BCUT2D eigenvalue weighted by Crippen LogP contribution is -2.44. The number of nitrogens with one attached hydrogen (secondary N) is 2. The number of ether oxygens (including phenoxy) is 1. The Labute approximate surface area is 183 Å². The molecule has 1 aliphatic rings. The highest BCUT2D eigenvalue weighted by molar-refractivity contribution is 14.0. The average Bonchev–Trinajstić information content (AvgIpc) is 3.14. The van der Waals surface area contributed by atoms with Crippen molar-refractivity contribution in [2.45, 2.75) is 25.9 Å². The second-order valence-electron chi connectivity index (χ2n) is 6.57. The van der Waals surface area contributed by atoms with Crippen LogP contribution in [0, 0.1) is 5.82 Å². The zero-order chi connectivity index (χ0) is 19.1. The van der Waals surface area contributed by atoms with Crippen LogP contribution >= 0.6 is 24.0 Å². The summed E-state index contributed by atoms with van der Waals surface area (Å²) in [6.07, 6.45) is 1.02. The zero-order valence-electron chi connectivity index (χ0n) is 16.3. The topological polar surface area (TPSA) is 48.9 Å². The number of nitrogens with zero attached hydrogens (tertiary/aromatic N) is 2. The van der Waals surface area contributed by atoms with Gasteiger partial charge in [0.05, 0.1) is 19.3 Å². The minimum atomic E-state index is -0.232. The van der Waals surface area contributed by atoms with Crippen molar-refractivity contribution in [3.05, 3.63) is 59.9 Å². The normalized spacial score (nSPS) is 16.5. The summed E-state index contributed by atoms with van der Waals surface area (Å²) >= 11 is 0. The highest BCUT2D eigenvalue weighted by atomic mass is 127. The van der Waals surface area contributed by atoms with E-state index in [1.165, 1.54) is 12.1 Å². The number of guanidine groups is 1. The molecule has 7 heteroatoms. The van der Waals surface area contributed by atoms with Crippen molar-refractivity contribution in [3.63, 3.8) is 0 Å². The van der Waals surface area contributed by atoms with Gasteiger partial charge in [0.15, 0.2) is 5.96 Å². The molecular weight excluding hydrogens is 470 g/mol. The first-order chi connectivity index (χ1) is 13.2. The molecule has 1 fully saturated rings. The Kier molecular flexibility index (Phi) is 8.82. The molecule has 152 valence electrons. The second kappa shape index (κ2) is 11.1. The molecule has 0 aromatic heterocycles. The summed E-state index contributed by atoms with van der Waals surface area (Å²) in [4.78, 5) is 6.93. The first kappa shape index (κ1) is 22.3. The minimum absolute atomic E-state index is 0. The van der Waals surface area contributed by atoms with Crippen LogP contribution in [0.4, 0.5) is 10.1 Å². The number of hydrogen-bond acceptors (Lipinski definition) is 3. The molecule has 0 bridgehead atoms. The van der Waals surface area contributed by atoms with Crippen LogP contribution in [-0.4, -0.2) is 38.7 Å². The largest absolute Gasteiger partial charge is 0.495 e. The lowest BCUT2D eigenvalue weighted by Gasteiger charge is -2.22. The maximum absolute atomic E-state index is 13.3. The molecule has 1 saturated heterocycles. The van der Waals surface area contributed by atoms with E-state index in [2.05, 4.69) is 26.6 Å². The number of halogens is 2. The van der Waals surface area contributed by atoms with Gasteiger partial charge in [0.1, 0.15) is 11.6 Å². The summed E-state index contributed by atoms with van der Waals surface area (Å²) in [5, 5.41) is 6.78. The van der Waals surface area contributed by atoms with Gasteiger partial charge in [-0.1, -0.05) is 24.3 Å². The van der Waals surface area contributed by atoms with Crippen molar-refractivity contribution in [2.75, 3.05) is 31.6 Å². The molecule has 0 amide bonds. The van der Waals surface area contributed by atoms with Gasteiger partial charge in [-0.05, 0) is 43.2 Å². The predicted octanol–water partition coefficient (Wildman–Crippen LogP) is 3.79. The zero-order valence-corrected chi connectivity index (χ0v) is 18.7. The van der Waals surface area contributed by atoms with E-state index in [0.717, 1.165) is 49.0 Å². The summed E-state index contributed by atoms with van der Waals surface area (Å²) < 4.78 is 18.8. The Morgan fingerprint density at radius 1 is 1.25 bits per heavy atom. The number of para-hydroxylation sites is 2. The number of hydrogen-bond donors (Lipinski definition) is 2. The van der Waals surface area contributed by atoms with E-state index in [1.54, 1.807) is 13.2 Å². The van der Waals surface area contributed by atoms with Gasteiger partial charge < -0.3 is 20.3 Å². The van der Waals surface area contributed by atoms with Gasteiger partial charge >= 0.3 is 0 Å². The summed E-state index contributed by atoms with van der Waals surface area (Å²) in [5.41, 5.74) is 1.97. The molecule has 1 atom stereocenters. The van der Waals surface area contributed by atoms with Crippen molar-refractivity contribution < 1.29 is 9.13 Å². The van der Waals surface area contributed by atoms with Crippen LogP contribution in [0.15, 0.2) is 53.5 Å². The van der Waals surface area contributed by atoms with Gasteiger partial charge in [-0.2, -0.15) is 0 Å². The molecule has 2 N–H and O–H groups in total. The van der Waals surface area contributed by atoms with Crippen molar-refractivity contribution >= 4 is 35.6 Å². The third-order valence-corrected chi connectivity index (χ3v) is 4.61. The van der Waals surface area contributed by atoms with Gasteiger partial charge in [-0.25, -0.2) is 9.38 Å². The maximum Gasteiger partial charge on any atom is 0.191 e. The molecule has 1 heterocycles. The van der Waals surface area contributed by atoms with Crippen LogP contribution in [0.1, 0.15) is 18.9 Å². The molecule has 28 heavy (non-hydrogen) atoms. The highest BCUT2D eigenvalue weighted by Crippen LogP contribution is 2.30. The molecule has 1 unspecified atom stereocenters. The standard InChI is InChI=1S/C21H27FN4O.HI/c1-3-23-21(24-14-16-7-6-8-17(22)13-16)25-18-11-12-26(15-18)19-9-4-5-10-20(19)27-2;/h4-10,13,18H,3,11-12,14-15H2,1-2H3,(H2,23,24,25);1H. The Morgan fingerprint density at radius 2 is 2.07 bits per heavy atom. The van der Waals surface area contributed by atoms with E-state index in [-0.39, 0.29) is 29.8 Å². The molecule has 2 aromatic carbocycles. The van der Waals surface area contributed by atoms with Gasteiger partial charge in [0.2, 0.25) is 0 Å². The first-order valence-electron chi connectivity index (χ1n) is 9.37. The van der Waals surface area contributed by atoms with Crippen LogP contribution in [0.2, 0.25) is 0 Å². The Hall–Kier alpha value is -2.03. The third kappa shape index (κ3) is 5.98. The number of methoxy groups -OCH3 is 1. The monoisotopic (exact) mass is 498 g/mol. The lowest BCUT2D eigenvalue weighted by molar-refractivity contribution is 0.415. The van der Waals surface area contributed by atoms with Crippen LogP contribution in [-0.2, 0) is 6.54 Å². The highest BCUT2D eigenvalue weighted by Gasteiger charge is 2.25. The van der Waals surface area contributed by atoms with Crippen molar-refractivity contribution in [3.8, 4) is 5.75 Å². The van der Waals surface area contributed by atoms with Crippen LogP contribution in [0.5, 0.6) is 5.75 Å². The number of rotatable bonds is 6. The number of anilines is 1. The molecule has 2 aromatic rings. The molecule has 0 radical (unpaired) electrons. The fourth-order valence-electron chi connectivity index (χ4n) is 3.31. The molecule has 0 aliphatic carbocycles. The minimum Gasteiger partial charge on any atom is -0.495 e. The van der Waals surface area contributed by atoms with E-state index in [0.29, 0.717) is 12.6 Å². The summed E-state index contributed by atoms with van der Waals surface area (Å²) in [7, 11) is 1.70. The van der Waals surface area contributed by atoms with Gasteiger partial charge in [0, 0.05) is 25.7 Å². The SMILES string of the molecule is CCNC(=NCc1cccc(F)c1)NC1CCN(c2ccccc2OC)C1.I. The first-order valence-corrected chi connectivity index (χ1v) is 9.37. The summed E-state index contributed by atoms with van der Waals surface area (Å²) in [5.74, 6) is 1.42. The van der Waals surface area contributed by atoms with E-state index in [1.807, 2.05) is 31.2 Å². The fraction of sp³-hybridized carbons (Fsp3) is 0.381. The van der Waals surface area contributed by atoms with E-state index >= 15 is 0 Å². The van der Waals surface area contributed by atoms with Crippen LogP contribution in [0.3, 0.4) is 0 Å². The molecule has 0 spiro atoms. The molecule has 3 rings (SSSR count). The summed E-state index contributed by atoms with van der Waals surface area (Å²) in [6.45, 7) is 5.09. The smallest absolute Gasteiger partial charge is 0.191 e. The van der Waals surface area contributed by atoms with Crippen molar-refractivity contribution in [2.24, 2.45) is 4.99 Å². The molecular formula is C21H28FIN4O. The number of benzene rings is 2. The average molecular weight is 498 g/mol. The van der Waals surface area contributed by atoms with Gasteiger partial charge in [0.25, 0.3) is 0 Å². The van der Waals surface area contributed by atoms with E-state index < -0.39 is 0 Å². The van der Waals surface area contributed by atoms with Crippen LogP contribution < -0.4 is 20.3 Å². The fourth-order valence-corrected chi connectivity index (χ4v) is 3.31. The van der Waals surface area contributed by atoms with Gasteiger partial charge in [-0.15, -0.1) is 24.0 Å². The van der Waals surface area contributed by atoms with E-state index in [9.17, 15) is 4.39 Å². The Morgan fingerprint density at radius 3 is 2.82 bits per heavy atom. The predicted molar refractivity (Wildman–Crippen MR) is 123 cm³/mol. The van der Waals surface area contributed by atoms with Crippen molar-refractivity contribution in [1.82, 2.24) is 10.6 Å². The van der Waals surface area contributed by atoms with Gasteiger partial charge in [-0.3, -0.25) is 0 Å². The quantitative estimate of drug-likeness (QED) is 0.362. The summed E-state index contributed by atoms with van der Waals surface area (Å²) in [6, 6.07) is 14.9. The van der Waals surface area contributed by atoms with E-state index in [4.69, 9.17) is 4.74 Å². The molecule has 0 saturated carbocycles. The van der Waals surface area contributed by atoms with Crippen LogP contribution in [0.25, 0.3) is 0 Å². The maximum atomic E-state index is 13.3. The Bertz CT molecular complexity index is 787. The Balaban J connectivity index is 0.00000280. The van der Waals surface area contributed by atoms with Crippen molar-refractivity contribution in [1.29, 1.82) is 0 Å². The second-order valence-corrected chi connectivity index (χ2v) is 6.57. The molecule has 5 nitrogen and oxygen atoms in total. The lowest BCUT2D eigenvalue weighted by atomic mass is 10.2. The molecule has 1 aliphatic heterocycles.